The number of hydrogen-bond donors (Lipinski definition) is 2. The third kappa shape index (κ3) is 3.60. The van der Waals surface area contributed by atoms with Gasteiger partial charge in [0.25, 0.3) is 0 Å². The number of rotatable bonds is 5. The lowest BCUT2D eigenvalue weighted by molar-refractivity contribution is -0.129. The van der Waals surface area contributed by atoms with E-state index in [2.05, 4.69) is 15.3 Å². The minimum atomic E-state index is -0.456. The highest BCUT2D eigenvalue weighted by Crippen LogP contribution is 2.26. The Balaban J connectivity index is 1.66. The molecule has 1 aromatic heterocycles. The number of carbonyl (C=O) groups excluding carboxylic acids is 1. The first kappa shape index (κ1) is 17.8. The number of carbonyl (C=O) groups is 1. The van der Waals surface area contributed by atoms with Gasteiger partial charge >= 0.3 is 0 Å². The van der Waals surface area contributed by atoms with Gasteiger partial charge in [0.1, 0.15) is 11.9 Å². The van der Waals surface area contributed by atoms with Crippen molar-refractivity contribution in [2.24, 2.45) is 0 Å². The summed E-state index contributed by atoms with van der Waals surface area (Å²) in [4.78, 5) is 22.4. The molecule has 1 atom stereocenters. The van der Waals surface area contributed by atoms with Gasteiger partial charge in [-0.3, -0.25) is 4.79 Å². The van der Waals surface area contributed by atoms with Crippen LogP contribution in [0.25, 0.3) is 22.4 Å². The summed E-state index contributed by atoms with van der Waals surface area (Å²) in [5.74, 6) is 0.806. The Bertz CT molecular complexity index is 1070. The molecule has 0 aliphatic rings. The van der Waals surface area contributed by atoms with E-state index >= 15 is 0 Å². The lowest BCUT2D eigenvalue weighted by atomic mass is 10.0. The van der Waals surface area contributed by atoms with Crippen molar-refractivity contribution >= 4 is 22.6 Å². The highest BCUT2D eigenvalue weighted by molar-refractivity contribution is 5.86. The van der Waals surface area contributed by atoms with Crippen molar-refractivity contribution in [2.45, 2.75) is 6.04 Å². The Morgan fingerprint density at radius 3 is 2.46 bits per heavy atom. The summed E-state index contributed by atoms with van der Waals surface area (Å²) in [5, 5.41) is 3.39. The van der Waals surface area contributed by atoms with Crippen LogP contribution in [0.5, 0.6) is 0 Å². The Morgan fingerprint density at radius 1 is 0.964 bits per heavy atom. The van der Waals surface area contributed by atoms with E-state index in [1.54, 1.807) is 19.0 Å². The number of fused-ring (bicyclic) bond motifs is 1. The first-order valence-electron chi connectivity index (χ1n) is 9.19. The molecule has 0 aliphatic carbocycles. The van der Waals surface area contributed by atoms with Crippen LogP contribution in [0.2, 0.25) is 0 Å². The molecule has 28 heavy (non-hydrogen) atoms. The van der Waals surface area contributed by atoms with Crippen molar-refractivity contribution in [1.29, 1.82) is 0 Å². The fourth-order valence-electron chi connectivity index (χ4n) is 3.20. The van der Waals surface area contributed by atoms with Crippen LogP contribution in [0.4, 0.5) is 5.69 Å². The van der Waals surface area contributed by atoms with Crippen molar-refractivity contribution in [3.8, 4) is 11.4 Å². The number of aromatic nitrogens is 2. The molecule has 0 saturated carbocycles. The smallest absolute Gasteiger partial charge is 0.249 e. The molecule has 0 saturated heterocycles. The van der Waals surface area contributed by atoms with Crippen LogP contribution in [0.1, 0.15) is 11.6 Å². The summed E-state index contributed by atoms with van der Waals surface area (Å²) in [5.41, 5.74) is 4.68. The van der Waals surface area contributed by atoms with Crippen molar-refractivity contribution in [3.05, 3.63) is 84.4 Å². The molecule has 5 heteroatoms. The van der Waals surface area contributed by atoms with E-state index in [1.165, 1.54) is 0 Å². The van der Waals surface area contributed by atoms with Crippen molar-refractivity contribution in [1.82, 2.24) is 14.9 Å². The number of benzene rings is 3. The summed E-state index contributed by atoms with van der Waals surface area (Å²) in [6, 6.07) is 25.2. The molecule has 2 N–H and O–H groups in total. The van der Waals surface area contributed by atoms with Gasteiger partial charge in [0, 0.05) is 25.3 Å². The number of amides is 1. The number of nitrogens with one attached hydrogen (secondary N) is 2. The number of H-pyrrole nitrogens is 1. The molecule has 4 rings (SSSR count). The minimum Gasteiger partial charge on any atom is -0.370 e. The van der Waals surface area contributed by atoms with E-state index < -0.39 is 6.04 Å². The third-order valence-electron chi connectivity index (χ3n) is 4.66. The maximum Gasteiger partial charge on any atom is 0.249 e. The average Bonchev–Trinajstić information content (AvgIpc) is 3.17. The first-order valence-corrected chi connectivity index (χ1v) is 9.19. The van der Waals surface area contributed by atoms with Gasteiger partial charge in [-0.1, -0.05) is 54.6 Å². The average molecular weight is 370 g/mol. The Kier molecular flexibility index (Phi) is 4.81. The van der Waals surface area contributed by atoms with E-state index in [0.29, 0.717) is 0 Å². The summed E-state index contributed by atoms with van der Waals surface area (Å²) in [6.45, 7) is 0. The third-order valence-corrected chi connectivity index (χ3v) is 4.66. The summed E-state index contributed by atoms with van der Waals surface area (Å²) in [6.07, 6.45) is 0. The zero-order valence-corrected chi connectivity index (χ0v) is 15.9. The van der Waals surface area contributed by atoms with Crippen molar-refractivity contribution in [2.75, 3.05) is 19.4 Å². The molecule has 1 amide bonds. The number of anilines is 1. The molecule has 1 unspecified atom stereocenters. The molecule has 4 aromatic rings. The minimum absolute atomic E-state index is 0.000315. The summed E-state index contributed by atoms with van der Waals surface area (Å²) < 4.78 is 0. The van der Waals surface area contributed by atoms with Crippen LogP contribution in [0.15, 0.2) is 78.9 Å². The molecule has 0 spiro atoms. The number of para-hydroxylation sites is 2. The maximum absolute atomic E-state index is 12.8. The Hall–Kier alpha value is -3.60. The van der Waals surface area contributed by atoms with Crippen LogP contribution in [0.3, 0.4) is 0 Å². The van der Waals surface area contributed by atoms with Gasteiger partial charge in [0.05, 0.1) is 11.0 Å². The van der Waals surface area contributed by atoms with Crippen molar-refractivity contribution < 1.29 is 4.79 Å². The molecular weight excluding hydrogens is 348 g/mol. The van der Waals surface area contributed by atoms with Crippen LogP contribution in [-0.4, -0.2) is 34.9 Å². The van der Waals surface area contributed by atoms with E-state index in [0.717, 1.165) is 33.7 Å². The lowest BCUT2D eigenvalue weighted by Gasteiger charge is -2.23. The Labute approximate surface area is 164 Å². The number of aromatic amines is 1. The zero-order valence-electron chi connectivity index (χ0n) is 15.9. The van der Waals surface area contributed by atoms with E-state index in [4.69, 9.17) is 0 Å². The second-order valence-corrected chi connectivity index (χ2v) is 6.90. The number of hydrogen-bond acceptors (Lipinski definition) is 3. The standard InChI is InChI=1S/C23H22N4O/c1-27(2)23(28)21(16-9-4-3-5-10-16)24-18-12-8-11-17(15-18)22-25-19-13-6-7-14-20(19)26-22/h3-15,21,24H,1-2H3,(H,25,26). The zero-order chi connectivity index (χ0) is 19.5. The van der Waals surface area contributed by atoms with Gasteiger partial charge in [-0.25, -0.2) is 4.98 Å². The summed E-state index contributed by atoms with van der Waals surface area (Å²) in [7, 11) is 3.54. The number of nitrogens with zero attached hydrogens (tertiary/aromatic N) is 2. The molecule has 0 fully saturated rings. The monoisotopic (exact) mass is 370 g/mol. The van der Waals surface area contributed by atoms with Gasteiger partial charge in [0.15, 0.2) is 0 Å². The van der Waals surface area contributed by atoms with Gasteiger partial charge in [-0.2, -0.15) is 0 Å². The number of imidazole rings is 1. The fourth-order valence-corrected chi connectivity index (χ4v) is 3.20. The molecular formula is C23H22N4O. The van der Waals surface area contributed by atoms with Crippen LogP contribution < -0.4 is 5.32 Å². The van der Waals surface area contributed by atoms with E-state index in [9.17, 15) is 4.79 Å². The van der Waals surface area contributed by atoms with Crippen LogP contribution in [0, 0.1) is 0 Å². The fraction of sp³-hybridized carbons (Fsp3) is 0.130. The summed E-state index contributed by atoms with van der Waals surface area (Å²) >= 11 is 0. The van der Waals surface area contributed by atoms with Gasteiger partial charge in [-0.05, 0) is 29.8 Å². The second-order valence-electron chi connectivity index (χ2n) is 6.90. The second kappa shape index (κ2) is 7.56. The van der Waals surface area contributed by atoms with Crippen LogP contribution >= 0.6 is 0 Å². The maximum atomic E-state index is 12.8. The lowest BCUT2D eigenvalue weighted by Crippen LogP contribution is -2.32. The SMILES string of the molecule is CN(C)C(=O)C(Nc1cccc(-c2nc3ccccc3[nH]2)c1)c1ccccc1. The normalized spacial score (nSPS) is 11.9. The number of likely N-dealkylation sites (N-methyl/N-ethyl adjacent to an activating group) is 1. The van der Waals surface area contributed by atoms with Gasteiger partial charge in [0.2, 0.25) is 5.91 Å². The first-order chi connectivity index (χ1) is 13.6. The van der Waals surface area contributed by atoms with E-state index in [-0.39, 0.29) is 5.91 Å². The molecule has 0 aliphatic heterocycles. The molecule has 0 radical (unpaired) electrons. The predicted octanol–water partition coefficient (Wildman–Crippen LogP) is 4.47. The highest BCUT2D eigenvalue weighted by atomic mass is 16.2. The molecule has 3 aromatic carbocycles. The molecule has 0 bridgehead atoms. The highest BCUT2D eigenvalue weighted by Gasteiger charge is 2.22. The predicted molar refractivity (Wildman–Crippen MR) is 113 cm³/mol. The van der Waals surface area contributed by atoms with Crippen LogP contribution in [-0.2, 0) is 4.79 Å². The van der Waals surface area contributed by atoms with Crippen molar-refractivity contribution in [3.63, 3.8) is 0 Å². The van der Waals surface area contributed by atoms with Gasteiger partial charge < -0.3 is 15.2 Å². The molecule has 1 heterocycles. The Morgan fingerprint density at radius 2 is 1.71 bits per heavy atom. The van der Waals surface area contributed by atoms with Gasteiger partial charge in [-0.15, -0.1) is 0 Å². The van der Waals surface area contributed by atoms with E-state index in [1.807, 2.05) is 78.9 Å². The molecule has 5 nitrogen and oxygen atoms in total. The molecule has 140 valence electrons. The largest absolute Gasteiger partial charge is 0.370 e. The topological polar surface area (TPSA) is 61.0 Å². The quantitative estimate of drug-likeness (QED) is 0.545.